The van der Waals surface area contributed by atoms with Crippen molar-refractivity contribution in [3.8, 4) is 0 Å². The Morgan fingerprint density at radius 1 is 1.04 bits per heavy atom. The van der Waals surface area contributed by atoms with Crippen molar-refractivity contribution in [3.05, 3.63) is 70.8 Å². The van der Waals surface area contributed by atoms with Crippen LogP contribution in [0.2, 0.25) is 0 Å². The normalized spacial score (nSPS) is 11.0. The van der Waals surface area contributed by atoms with Gasteiger partial charge >= 0.3 is 5.97 Å². The third-order valence-electron chi connectivity index (χ3n) is 4.12. The largest absolute Gasteiger partial charge is 0.452 e. The second-order valence-electron chi connectivity index (χ2n) is 6.54. The van der Waals surface area contributed by atoms with E-state index in [1.54, 1.807) is 6.08 Å². The van der Waals surface area contributed by atoms with E-state index in [-0.39, 0.29) is 18.4 Å². The molecule has 0 aromatic heterocycles. The molecule has 2 aromatic rings. The molecule has 0 fully saturated rings. The average molecular weight is 351 g/mol. The van der Waals surface area contributed by atoms with Gasteiger partial charge in [-0.3, -0.25) is 4.79 Å². The Morgan fingerprint density at radius 3 is 2.42 bits per heavy atom. The fraction of sp³-hybridized carbons (Fsp3) is 0.273. The second-order valence-corrected chi connectivity index (χ2v) is 6.54. The number of anilines is 1. The molecule has 0 atom stereocenters. The molecule has 26 heavy (non-hydrogen) atoms. The maximum absolute atomic E-state index is 12.2. The minimum absolute atomic E-state index is 0.282. The molecule has 2 rings (SSSR count). The number of esters is 1. The molecule has 4 heteroatoms. The fourth-order valence-corrected chi connectivity index (χ4v) is 2.63. The summed E-state index contributed by atoms with van der Waals surface area (Å²) in [4.78, 5) is 24.0. The summed E-state index contributed by atoms with van der Waals surface area (Å²) in [7, 11) is 0. The average Bonchev–Trinajstić information content (AvgIpc) is 2.60. The van der Waals surface area contributed by atoms with Gasteiger partial charge in [-0.1, -0.05) is 56.3 Å². The molecule has 4 nitrogen and oxygen atoms in total. The van der Waals surface area contributed by atoms with E-state index in [1.165, 1.54) is 6.08 Å². The quantitative estimate of drug-likeness (QED) is 0.610. The number of benzene rings is 2. The molecular formula is C22H25NO3. The molecule has 0 aliphatic carbocycles. The zero-order valence-corrected chi connectivity index (χ0v) is 15.7. The maximum Gasteiger partial charge on any atom is 0.331 e. The van der Waals surface area contributed by atoms with Crippen LogP contribution in [0.5, 0.6) is 0 Å². The highest BCUT2D eigenvalue weighted by Crippen LogP contribution is 2.27. The van der Waals surface area contributed by atoms with E-state index in [0.717, 1.165) is 27.9 Å². The number of hydrogen-bond acceptors (Lipinski definition) is 3. The van der Waals surface area contributed by atoms with Gasteiger partial charge in [0.15, 0.2) is 6.61 Å². The van der Waals surface area contributed by atoms with Crippen LogP contribution in [-0.4, -0.2) is 18.5 Å². The Bertz CT molecular complexity index is 822. The first-order chi connectivity index (χ1) is 12.4. The van der Waals surface area contributed by atoms with Crippen LogP contribution in [0.3, 0.4) is 0 Å². The van der Waals surface area contributed by atoms with Gasteiger partial charge in [0.1, 0.15) is 0 Å². The molecule has 0 heterocycles. The summed E-state index contributed by atoms with van der Waals surface area (Å²) in [5, 5.41) is 2.86. The van der Waals surface area contributed by atoms with Crippen LogP contribution < -0.4 is 5.32 Å². The molecule has 136 valence electrons. The Kier molecular flexibility index (Phi) is 6.73. The molecule has 0 spiro atoms. The molecular weight excluding hydrogens is 326 g/mol. The van der Waals surface area contributed by atoms with Crippen molar-refractivity contribution >= 4 is 23.6 Å². The minimum Gasteiger partial charge on any atom is -0.452 e. The van der Waals surface area contributed by atoms with Gasteiger partial charge in [-0.15, -0.1) is 0 Å². The van der Waals surface area contributed by atoms with E-state index >= 15 is 0 Å². The molecule has 0 saturated heterocycles. The van der Waals surface area contributed by atoms with Gasteiger partial charge in [0.2, 0.25) is 0 Å². The first-order valence-corrected chi connectivity index (χ1v) is 8.68. The van der Waals surface area contributed by atoms with Crippen molar-refractivity contribution in [2.24, 2.45) is 0 Å². The number of carbonyl (C=O) groups excluding carboxylic acids is 2. The van der Waals surface area contributed by atoms with Crippen LogP contribution in [0.1, 0.15) is 42.0 Å². The highest BCUT2D eigenvalue weighted by Gasteiger charge is 2.13. The van der Waals surface area contributed by atoms with E-state index in [2.05, 4.69) is 19.2 Å². The smallest absolute Gasteiger partial charge is 0.331 e. The Labute approximate surface area is 154 Å². The topological polar surface area (TPSA) is 55.4 Å². The van der Waals surface area contributed by atoms with E-state index in [0.29, 0.717) is 0 Å². The van der Waals surface area contributed by atoms with Gasteiger partial charge in [0.25, 0.3) is 5.91 Å². The molecule has 0 aliphatic rings. The Hall–Kier alpha value is -2.88. The summed E-state index contributed by atoms with van der Waals surface area (Å²) in [6, 6.07) is 13.6. The van der Waals surface area contributed by atoms with E-state index in [9.17, 15) is 9.59 Å². The zero-order valence-electron chi connectivity index (χ0n) is 15.7. The molecule has 0 saturated carbocycles. The lowest BCUT2D eigenvalue weighted by Gasteiger charge is -2.16. The fourth-order valence-electron chi connectivity index (χ4n) is 2.63. The summed E-state index contributed by atoms with van der Waals surface area (Å²) in [5.41, 5.74) is 4.84. The highest BCUT2D eigenvalue weighted by molar-refractivity contribution is 5.95. The molecule has 0 bridgehead atoms. The zero-order chi connectivity index (χ0) is 19.1. The molecule has 1 amide bonds. The van der Waals surface area contributed by atoms with Crippen molar-refractivity contribution in [1.29, 1.82) is 0 Å². The van der Waals surface area contributed by atoms with Crippen molar-refractivity contribution in [2.45, 2.75) is 33.6 Å². The number of para-hydroxylation sites is 1. The van der Waals surface area contributed by atoms with Crippen LogP contribution in [-0.2, 0) is 14.3 Å². The lowest BCUT2D eigenvalue weighted by Crippen LogP contribution is -2.21. The molecule has 0 unspecified atom stereocenters. The summed E-state index contributed by atoms with van der Waals surface area (Å²) in [6.07, 6.45) is 3.02. The van der Waals surface area contributed by atoms with Gasteiger partial charge in [-0.2, -0.15) is 0 Å². The van der Waals surface area contributed by atoms with Gasteiger partial charge in [0, 0.05) is 11.8 Å². The van der Waals surface area contributed by atoms with Crippen molar-refractivity contribution < 1.29 is 14.3 Å². The minimum atomic E-state index is -0.544. The van der Waals surface area contributed by atoms with Crippen LogP contribution in [0, 0.1) is 13.8 Å². The summed E-state index contributed by atoms with van der Waals surface area (Å²) < 4.78 is 5.04. The summed E-state index contributed by atoms with van der Waals surface area (Å²) in [5.74, 6) is -0.610. The van der Waals surface area contributed by atoms with Crippen molar-refractivity contribution in [1.82, 2.24) is 0 Å². The highest BCUT2D eigenvalue weighted by atomic mass is 16.5. The maximum atomic E-state index is 12.2. The van der Waals surface area contributed by atoms with Gasteiger partial charge in [-0.05, 0) is 48.1 Å². The second kappa shape index (κ2) is 8.99. The SMILES string of the molecule is Cc1ccccc1/C=C/C(=O)OCC(=O)Nc1c(C)cccc1C(C)C. The number of rotatable bonds is 6. The third kappa shape index (κ3) is 5.31. The lowest BCUT2D eigenvalue weighted by atomic mass is 9.98. The number of ether oxygens (including phenoxy) is 1. The third-order valence-corrected chi connectivity index (χ3v) is 4.12. The standard InChI is InChI=1S/C22H25NO3/c1-15(2)19-11-7-9-17(4)22(19)23-20(24)14-26-21(25)13-12-18-10-6-5-8-16(18)3/h5-13,15H,14H2,1-4H3,(H,23,24)/b13-12+. The van der Waals surface area contributed by atoms with Crippen molar-refractivity contribution in [3.63, 3.8) is 0 Å². The van der Waals surface area contributed by atoms with Crippen LogP contribution in [0.15, 0.2) is 48.5 Å². The van der Waals surface area contributed by atoms with E-state index < -0.39 is 5.97 Å². The summed E-state index contributed by atoms with van der Waals surface area (Å²) >= 11 is 0. The number of aryl methyl sites for hydroxylation is 2. The number of carbonyl (C=O) groups is 2. The predicted octanol–water partition coefficient (Wildman–Crippen LogP) is 4.62. The molecule has 1 N–H and O–H groups in total. The first kappa shape index (κ1) is 19.4. The van der Waals surface area contributed by atoms with Crippen LogP contribution >= 0.6 is 0 Å². The molecule has 0 radical (unpaired) electrons. The van der Waals surface area contributed by atoms with Gasteiger partial charge in [-0.25, -0.2) is 4.79 Å². The number of nitrogens with one attached hydrogen (secondary N) is 1. The number of amides is 1. The van der Waals surface area contributed by atoms with E-state index in [4.69, 9.17) is 4.74 Å². The first-order valence-electron chi connectivity index (χ1n) is 8.68. The monoisotopic (exact) mass is 351 g/mol. The molecule has 0 aliphatic heterocycles. The Morgan fingerprint density at radius 2 is 1.73 bits per heavy atom. The van der Waals surface area contributed by atoms with Crippen LogP contribution in [0.25, 0.3) is 6.08 Å². The van der Waals surface area contributed by atoms with Crippen LogP contribution in [0.4, 0.5) is 5.69 Å². The molecule has 2 aromatic carbocycles. The van der Waals surface area contributed by atoms with Gasteiger partial charge < -0.3 is 10.1 Å². The lowest BCUT2D eigenvalue weighted by molar-refractivity contribution is -0.142. The predicted molar refractivity (Wildman–Crippen MR) is 105 cm³/mol. The van der Waals surface area contributed by atoms with Gasteiger partial charge in [0.05, 0.1) is 0 Å². The number of hydrogen-bond donors (Lipinski definition) is 1. The Balaban J connectivity index is 1.93. The van der Waals surface area contributed by atoms with Crippen molar-refractivity contribution in [2.75, 3.05) is 11.9 Å². The summed E-state index contributed by atoms with van der Waals surface area (Å²) in [6.45, 7) is 7.73. The van der Waals surface area contributed by atoms with E-state index in [1.807, 2.05) is 56.3 Å².